The van der Waals surface area contributed by atoms with Gasteiger partial charge in [0.05, 0.1) is 5.69 Å². The van der Waals surface area contributed by atoms with Crippen molar-refractivity contribution >= 4 is 27.8 Å². The first-order valence-corrected chi connectivity index (χ1v) is 4.92. The highest BCUT2D eigenvalue weighted by molar-refractivity contribution is 7.13. The van der Waals surface area contributed by atoms with Crippen molar-refractivity contribution in [3.8, 4) is 11.3 Å². The van der Waals surface area contributed by atoms with E-state index in [-0.39, 0.29) is 0 Å². The molecular formula is C7H6N2S2. The Bertz CT molecular complexity index is 337. The third-order valence-electron chi connectivity index (χ3n) is 1.34. The maximum Gasteiger partial charge on any atom is 0.180 e. The molecule has 0 saturated heterocycles. The number of hydrogen-bond acceptors (Lipinski definition) is 4. The van der Waals surface area contributed by atoms with Crippen molar-refractivity contribution in [2.45, 2.75) is 0 Å². The quantitative estimate of drug-likeness (QED) is 0.735. The Balaban J connectivity index is 2.45. The average Bonchev–Trinajstić information content (AvgIpc) is 2.55. The summed E-state index contributed by atoms with van der Waals surface area (Å²) in [5.74, 6) is 0. The highest BCUT2D eigenvalue weighted by Gasteiger charge is 2.00. The molecule has 2 rings (SSSR count). The van der Waals surface area contributed by atoms with Crippen LogP contribution in [0.3, 0.4) is 0 Å². The molecule has 0 radical (unpaired) electrons. The summed E-state index contributed by atoms with van der Waals surface area (Å²) in [5, 5.41) is 6.70. The van der Waals surface area contributed by atoms with E-state index in [1.807, 2.05) is 16.8 Å². The highest BCUT2D eigenvalue weighted by atomic mass is 32.1. The second kappa shape index (κ2) is 2.64. The van der Waals surface area contributed by atoms with Gasteiger partial charge < -0.3 is 5.73 Å². The van der Waals surface area contributed by atoms with E-state index >= 15 is 0 Å². The van der Waals surface area contributed by atoms with Crippen molar-refractivity contribution in [2.24, 2.45) is 0 Å². The predicted octanol–water partition coefficient (Wildman–Crippen LogP) is 2.45. The van der Waals surface area contributed by atoms with Crippen LogP contribution in [-0.2, 0) is 0 Å². The molecule has 0 aliphatic rings. The molecule has 4 heteroatoms. The molecule has 0 spiro atoms. The van der Waals surface area contributed by atoms with Gasteiger partial charge in [-0.3, -0.25) is 0 Å². The Morgan fingerprint density at radius 1 is 1.36 bits per heavy atom. The van der Waals surface area contributed by atoms with Crippen LogP contribution in [0.25, 0.3) is 11.3 Å². The monoisotopic (exact) mass is 182 g/mol. The maximum atomic E-state index is 5.50. The zero-order valence-corrected chi connectivity index (χ0v) is 7.28. The summed E-state index contributed by atoms with van der Waals surface area (Å²) in [6, 6.07) is 2.04. The minimum Gasteiger partial charge on any atom is -0.375 e. The van der Waals surface area contributed by atoms with Crippen LogP contribution in [0.15, 0.2) is 22.2 Å². The first-order valence-electron chi connectivity index (χ1n) is 3.10. The summed E-state index contributed by atoms with van der Waals surface area (Å²) in [7, 11) is 0. The molecule has 0 aliphatic carbocycles. The number of aromatic nitrogens is 1. The van der Waals surface area contributed by atoms with Gasteiger partial charge in [0.1, 0.15) is 0 Å². The first kappa shape index (κ1) is 6.82. The van der Waals surface area contributed by atoms with Crippen LogP contribution in [0.1, 0.15) is 0 Å². The van der Waals surface area contributed by atoms with Gasteiger partial charge in [0.15, 0.2) is 5.13 Å². The van der Waals surface area contributed by atoms with Crippen LogP contribution in [0.4, 0.5) is 5.13 Å². The van der Waals surface area contributed by atoms with Gasteiger partial charge in [0, 0.05) is 16.3 Å². The molecule has 0 aromatic carbocycles. The Labute approximate surface area is 72.3 Å². The van der Waals surface area contributed by atoms with E-state index < -0.39 is 0 Å². The molecule has 56 valence electrons. The molecule has 0 saturated carbocycles. The topological polar surface area (TPSA) is 38.9 Å². The van der Waals surface area contributed by atoms with Crippen molar-refractivity contribution in [1.29, 1.82) is 0 Å². The number of anilines is 1. The van der Waals surface area contributed by atoms with Gasteiger partial charge in [0.25, 0.3) is 0 Å². The fraction of sp³-hybridized carbons (Fsp3) is 0. The number of nitrogen functional groups attached to an aromatic ring is 1. The summed E-state index contributed by atoms with van der Waals surface area (Å²) in [4.78, 5) is 4.16. The molecule has 2 aromatic heterocycles. The number of rotatable bonds is 1. The van der Waals surface area contributed by atoms with Crippen molar-refractivity contribution in [2.75, 3.05) is 5.73 Å². The summed E-state index contributed by atoms with van der Waals surface area (Å²) < 4.78 is 0. The van der Waals surface area contributed by atoms with E-state index in [0.29, 0.717) is 5.13 Å². The lowest BCUT2D eigenvalue weighted by atomic mass is 10.3. The van der Waals surface area contributed by atoms with E-state index in [1.165, 1.54) is 11.3 Å². The number of nitrogens with zero attached hydrogens (tertiary/aromatic N) is 1. The van der Waals surface area contributed by atoms with Crippen molar-refractivity contribution < 1.29 is 0 Å². The fourth-order valence-electron chi connectivity index (χ4n) is 0.830. The van der Waals surface area contributed by atoms with Crippen LogP contribution in [0.5, 0.6) is 0 Å². The van der Waals surface area contributed by atoms with E-state index in [1.54, 1.807) is 11.3 Å². The summed E-state index contributed by atoms with van der Waals surface area (Å²) in [5.41, 5.74) is 7.63. The van der Waals surface area contributed by atoms with Crippen LogP contribution < -0.4 is 5.73 Å². The normalized spacial score (nSPS) is 10.2. The molecule has 11 heavy (non-hydrogen) atoms. The van der Waals surface area contributed by atoms with Crippen molar-refractivity contribution in [1.82, 2.24) is 4.98 Å². The van der Waals surface area contributed by atoms with Gasteiger partial charge in [-0.05, 0) is 11.4 Å². The summed E-state index contributed by atoms with van der Waals surface area (Å²) in [6.07, 6.45) is 0. The molecule has 0 atom stereocenters. The summed E-state index contributed by atoms with van der Waals surface area (Å²) >= 11 is 3.14. The summed E-state index contributed by atoms with van der Waals surface area (Å²) in [6.45, 7) is 0. The van der Waals surface area contributed by atoms with Gasteiger partial charge in [-0.2, -0.15) is 11.3 Å². The minimum absolute atomic E-state index is 0.631. The second-order valence-electron chi connectivity index (χ2n) is 2.08. The second-order valence-corrected chi connectivity index (χ2v) is 3.75. The Morgan fingerprint density at radius 3 is 2.82 bits per heavy atom. The molecule has 0 bridgehead atoms. The lowest BCUT2D eigenvalue weighted by Gasteiger charge is -1.85. The van der Waals surface area contributed by atoms with Gasteiger partial charge in [-0.15, -0.1) is 11.3 Å². The third-order valence-corrected chi connectivity index (χ3v) is 2.70. The lowest BCUT2D eigenvalue weighted by molar-refractivity contribution is 1.42. The average molecular weight is 182 g/mol. The molecular weight excluding hydrogens is 176 g/mol. The largest absolute Gasteiger partial charge is 0.375 e. The van der Waals surface area contributed by atoms with Gasteiger partial charge in [0.2, 0.25) is 0 Å². The molecule has 0 unspecified atom stereocenters. The Morgan fingerprint density at radius 2 is 2.27 bits per heavy atom. The molecule has 2 N–H and O–H groups in total. The number of hydrogen-bond donors (Lipinski definition) is 1. The minimum atomic E-state index is 0.631. The van der Waals surface area contributed by atoms with Gasteiger partial charge in [-0.25, -0.2) is 4.98 Å². The Hall–Kier alpha value is -0.870. The fourth-order valence-corrected chi connectivity index (χ4v) is 2.05. The molecule has 0 fully saturated rings. The van der Waals surface area contributed by atoms with E-state index in [9.17, 15) is 0 Å². The third kappa shape index (κ3) is 1.27. The number of thiazole rings is 1. The van der Waals surface area contributed by atoms with E-state index in [0.717, 1.165) is 11.3 Å². The molecule has 0 amide bonds. The van der Waals surface area contributed by atoms with Crippen LogP contribution in [-0.4, -0.2) is 4.98 Å². The van der Waals surface area contributed by atoms with Gasteiger partial charge in [-0.1, -0.05) is 0 Å². The number of thiophene rings is 1. The van der Waals surface area contributed by atoms with Crippen LogP contribution >= 0.6 is 22.7 Å². The van der Waals surface area contributed by atoms with Gasteiger partial charge >= 0.3 is 0 Å². The predicted molar refractivity (Wildman–Crippen MR) is 49.8 cm³/mol. The Kier molecular flexibility index (Phi) is 1.63. The number of nitrogens with two attached hydrogens (primary N) is 1. The lowest BCUT2D eigenvalue weighted by Crippen LogP contribution is -1.80. The van der Waals surface area contributed by atoms with Crippen LogP contribution in [0, 0.1) is 0 Å². The molecule has 2 heterocycles. The highest BCUT2D eigenvalue weighted by Crippen LogP contribution is 2.24. The zero-order valence-electron chi connectivity index (χ0n) is 5.65. The van der Waals surface area contributed by atoms with Crippen LogP contribution in [0.2, 0.25) is 0 Å². The van der Waals surface area contributed by atoms with E-state index in [4.69, 9.17) is 5.73 Å². The smallest absolute Gasteiger partial charge is 0.180 e. The maximum absolute atomic E-state index is 5.50. The first-order chi connectivity index (χ1) is 5.36. The van der Waals surface area contributed by atoms with Crippen molar-refractivity contribution in [3.05, 3.63) is 22.2 Å². The molecule has 2 nitrogen and oxygen atoms in total. The standard InChI is InChI=1S/C7H6N2S2/c8-7-9-6(4-11-7)5-1-2-10-3-5/h1-4H,(H2,8,9). The molecule has 2 aromatic rings. The van der Waals surface area contributed by atoms with E-state index in [2.05, 4.69) is 10.4 Å². The van der Waals surface area contributed by atoms with Crippen molar-refractivity contribution in [3.63, 3.8) is 0 Å². The SMILES string of the molecule is Nc1nc(-c2ccsc2)cs1. The molecule has 0 aliphatic heterocycles. The zero-order chi connectivity index (χ0) is 7.68.